The number of aromatic amines is 1. The van der Waals surface area contributed by atoms with Crippen molar-refractivity contribution in [3.05, 3.63) is 126 Å². The summed E-state index contributed by atoms with van der Waals surface area (Å²) in [7, 11) is 0. The maximum absolute atomic E-state index is 13.8. The molecule has 0 aliphatic carbocycles. The minimum atomic E-state index is -0.413. The summed E-state index contributed by atoms with van der Waals surface area (Å²) in [5.74, 6) is 0.0653. The van der Waals surface area contributed by atoms with Crippen LogP contribution in [0, 0.1) is 6.92 Å². The maximum Gasteiger partial charge on any atom is 0.186 e. The lowest BCUT2D eigenvalue weighted by Crippen LogP contribution is -2.30. The molecule has 2 heterocycles. The van der Waals surface area contributed by atoms with E-state index < -0.39 is 6.04 Å². The number of hydrogen-bond donors (Lipinski definition) is 2. The minimum Gasteiger partial charge on any atom is -0.360 e. The smallest absolute Gasteiger partial charge is 0.186 e. The van der Waals surface area contributed by atoms with E-state index in [0.717, 1.165) is 34.0 Å². The monoisotopic (exact) mass is 445 g/mol. The molecule has 0 amide bonds. The van der Waals surface area contributed by atoms with E-state index in [1.165, 1.54) is 11.1 Å². The molecule has 2 N–H and O–H groups in total. The fourth-order valence-electron chi connectivity index (χ4n) is 4.32. The van der Waals surface area contributed by atoms with Gasteiger partial charge in [-0.05, 0) is 42.2 Å². The highest BCUT2D eigenvalue weighted by Gasteiger charge is 2.24. The minimum absolute atomic E-state index is 0.0653. The van der Waals surface area contributed by atoms with Gasteiger partial charge in [0, 0.05) is 47.2 Å². The Bertz CT molecular complexity index is 1390. The number of nitrogens with zero attached hydrogens (tertiary/aromatic N) is 1. The van der Waals surface area contributed by atoms with Crippen LogP contribution in [-0.2, 0) is 6.42 Å². The predicted octanol–water partition coefficient (Wildman–Crippen LogP) is 6.29. The van der Waals surface area contributed by atoms with Crippen molar-refractivity contribution in [2.75, 3.05) is 6.54 Å². The van der Waals surface area contributed by atoms with Gasteiger partial charge in [-0.3, -0.25) is 9.78 Å². The average molecular weight is 446 g/mol. The standard InChI is InChI=1S/C30H27N3O/c1-21-9-11-22(12-10-21)15-17-32-29(23-6-3-2-4-7-23)30(34)27-20-33-28-18-24(13-14-26(27)28)25-8-5-16-31-19-25/h2-14,16,18-20,29,32-33H,15,17H2,1H3/t29-/m0/s1. The van der Waals surface area contributed by atoms with E-state index in [1.54, 1.807) is 6.20 Å². The van der Waals surface area contributed by atoms with Gasteiger partial charge in [-0.15, -0.1) is 0 Å². The zero-order valence-corrected chi connectivity index (χ0v) is 19.2. The van der Waals surface area contributed by atoms with Crippen molar-refractivity contribution in [2.24, 2.45) is 0 Å². The molecule has 0 unspecified atom stereocenters. The zero-order chi connectivity index (χ0) is 23.3. The van der Waals surface area contributed by atoms with Gasteiger partial charge >= 0.3 is 0 Å². The Kier molecular flexibility index (Phi) is 6.32. The molecule has 4 nitrogen and oxygen atoms in total. The number of pyridine rings is 1. The number of aromatic nitrogens is 2. The average Bonchev–Trinajstić information content (AvgIpc) is 3.32. The molecule has 0 radical (unpaired) electrons. The molecule has 0 fully saturated rings. The van der Waals surface area contributed by atoms with Crippen LogP contribution in [0.15, 0.2) is 104 Å². The number of fused-ring (bicyclic) bond motifs is 1. The molecular weight excluding hydrogens is 418 g/mol. The Labute approximate surface area is 199 Å². The van der Waals surface area contributed by atoms with E-state index in [0.29, 0.717) is 12.1 Å². The lowest BCUT2D eigenvalue weighted by atomic mass is 9.96. The summed E-state index contributed by atoms with van der Waals surface area (Å²) in [6.07, 6.45) is 6.30. The number of nitrogens with one attached hydrogen (secondary N) is 2. The normalized spacial score (nSPS) is 12.0. The summed E-state index contributed by atoms with van der Waals surface area (Å²) < 4.78 is 0. The molecule has 4 heteroatoms. The first-order valence-corrected chi connectivity index (χ1v) is 11.6. The van der Waals surface area contributed by atoms with Crippen LogP contribution >= 0.6 is 0 Å². The molecule has 0 bridgehead atoms. The van der Waals surface area contributed by atoms with E-state index in [2.05, 4.69) is 52.5 Å². The molecule has 0 aliphatic heterocycles. The molecule has 0 saturated carbocycles. The Morgan fingerprint density at radius 3 is 2.53 bits per heavy atom. The Morgan fingerprint density at radius 2 is 1.76 bits per heavy atom. The van der Waals surface area contributed by atoms with Crippen molar-refractivity contribution in [3.63, 3.8) is 0 Å². The van der Waals surface area contributed by atoms with Crippen LogP contribution in [0.1, 0.15) is 33.1 Å². The summed E-state index contributed by atoms with van der Waals surface area (Å²) in [4.78, 5) is 21.3. The number of H-pyrrole nitrogens is 1. The summed E-state index contributed by atoms with van der Waals surface area (Å²) in [6.45, 7) is 2.80. The van der Waals surface area contributed by atoms with Crippen molar-refractivity contribution in [3.8, 4) is 11.1 Å². The van der Waals surface area contributed by atoms with Crippen molar-refractivity contribution >= 4 is 16.7 Å². The van der Waals surface area contributed by atoms with E-state index in [1.807, 2.05) is 67.0 Å². The molecule has 0 spiro atoms. The molecular formula is C30H27N3O. The van der Waals surface area contributed by atoms with E-state index in [-0.39, 0.29) is 5.78 Å². The lowest BCUT2D eigenvalue weighted by molar-refractivity contribution is 0.0945. The number of Topliss-reactive ketones (excluding diaryl/α,β-unsaturated/α-hetero) is 1. The largest absolute Gasteiger partial charge is 0.360 e. The summed E-state index contributed by atoms with van der Waals surface area (Å²) in [5.41, 5.74) is 7.23. The second-order valence-corrected chi connectivity index (χ2v) is 8.60. The van der Waals surface area contributed by atoms with Crippen molar-refractivity contribution in [1.82, 2.24) is 15.3 Å². The number of ketones is 1. The third kappa shape index (κ3) is 4.68. The highest BCUT2D eigenvalue weighted by atomic mass is 16.1. The first-order chi connectivity index (χ1) is 16.7. The number of hydrogen-bond acceptors (Lipinski definition) is 3. The third-order valence-corrected chi connectivity index (χ3v) is 6.22. The van der Waals surface area contributed by atoms with Gasteiger partial charge in [-0.2, -0.15) is 0 Å². The van der Waals surface area contributed by atoms with Crippen LogP contribution in [-0.4, -0.2) is 22.3 Å². The van der Waals surface area contributed by atoms with Crippen molar-refractivity contribution < 1.29 is 4.79 Å². The van der Waals surface area contributed by atoms with Crippen LogP contribution in [0.25, 0.3) is 22.0 Å². The fourth-order valence-corrected chi connectivity index (χ4v) is 4.32. The SMILES string of the molecule is Cc1ccc(CCN[C@H](C(=O)c2c[nH]c3cc(-c4cccnc4)ccc23)c2ccccc2)cc1. The first-order valence-electron chi connectivity index (χ1n) is 11.6. The maximum atomic E-state index is 13.8. The van der Waals surface area contributed by atoms with Gasteiger partial charge in [0.25, 0.3) is 0 Å². The van der Waals surface area contributed by atoms with Gasteiger partial charge in [0.05, 0.1) is 6.04 Å². The molecule has 0 aliphatic rings. The summed E-state index contributed by atoms with van der Waals surface area (Å²) >= 11 is 0. The Balaban J connectivity index is 1.40. The van der Waals surface area contributed by atoms with Crippen LogP contribution < -0.4 is 5.32 Å². The highest BCUT2D eigenvalue weighted by molar-refractivity contribution is 6.11. The molecule has 34 heavy (non-hydrogen) atoms. The third-order valence-electron chi connectivity index (χ3n) is 6.22. The molecule has 1 atom stereocenters. The van der Waals surface area contributed by atoms with E-state index >= 15 is 0 Å². The number of carbonyl (C=O) groups excluding carboxylic acids is 1. The number of benzene rings is 3. The van der Waals surface area contributed by atoms with Gasteiger partial charge in [0.1, 0.15) is 0 Å². The van der Waals surface area contributed by atoms with Crippen LogP contribution in [0.2, 0.25) is 0 Å². The molecule has 168 valence electrons. The number of rotatable bonds is 8. The number of aryl methyl sites for hydroxylation is 1. The fraction of sp³-hybridized carbons (Fsp3) is 0.133. The summed E-state index contributed by atoms with van der Waals surface area (Å²) in [5, 5.41) is 4.45. The van der Waals surface area contributed by atoms with Gasteiger partial charge in [0.15, 0.2) is 5.78 Å². The molecule has 3 aromatic carbocycles. The molecule has 5 aromatic rings. The number of carbonyl (C=O) groups is 1. The Hall–Kier alpha value is -4.02. The highest BCUT2D eigenvalue weighted by Crippen LogP contribution is 2.28. The van der Waals surface area contributed by atoms with Gasteiger partial charge in [-0.25, -0.2) is 0 Å². The van der Waals surface area contributed by atoms with Gasteiger partial charge in [0.2, 0.25) is 0 Å². The van der Waals surface area contributed by atoms with Crippen LogP contribution in [0.4, 0.5) is 0 Å². The van der Waals surface area contributed by atoms with Crippen LogP contribution in [0.5, 0.6) is 0 Å². The predicted molar refractivity (Wildman–Crippen MR) is 138 cm³/mol. The molecule has 2 aromatic heterocycles. The van der Waals surface area contributed by atoms with Crippen LogP contribution in [0.3, 0.4) is 0 Å². The zero-order valence-electron chi connectivity index (χ0n) is 19.2. The van der Waals surface area contributed by atoms with Crippen molar-refractivity contribution in [2.45, 2.75) is 19.4 Å². The van der Waals surface area contributed by atoms with Gasteiger partial charge < -0.3 is 10.3 Å². The quantitative estimate of drug-likeness (QED) is 0.276. The second kappa shape index (κ2) is 9.86. The summed E-state index contributed by atoms with van der Waals surface area (Å²) in [6, 6.07) is 28.2. The lowest BCUT2D eigenvalue weighted by Gasteiger charge is -2.18. The topological polar surface area (TPSA) is 57.8 Å². The van der Waals surface area contributed by atoms with E-state index in [9.17, 15) is 4.79 Å². The first kappa shape index (κ1) is 21.8. The van der Waals surface area contributed by atoms with E-state index in [4.69, 9.17) is 0 Å². The Morgan fingerprint density at radius 1 is 0.941 bits per heavy atom. The van der Waals surface area contributed by atoms with Gasteiger partial charge in [-0.1, -0.05) is 78.4 Å². The molecule has 0 saturated heterocycles. The van der Waals surface area contributed by atoms with Crippen molar-refractivity contribution in [1.29, 1.82) is 0 Å². The molecule has 5 rings (SSSR count). The second-order valence-electron chi connectivity index (χ2n) is 8.60.